The van der Waals surface area contributed by atoms with Gasteiger partial charge in [0.15, 0.2) is 11.5 Å². The van der Waals surface area contributed by atoms with Crippen LogP contribution >= 0.6 is 0 Å². The van der Waals surface area contributed by atoms with Gasteiger partial charge in [0, 0.05) is 5.56 Å². The number of hydrogen-bond donors (Lipinski definition) is 2. The molecule has 0 fully saturated rings. The summed E-state index contributed by atoms with van der Waals surface area (Å²) < 4.78 is 0. The minimum Gasteiger partial charge on any atom is -0.504 e. The highest BCUT2D eigenvalue weighted by molar-refractivity contribution is 5.78. The highest BCUT2D eigenvalue weighted by Gasteiger charge is 2.17. The van der Waals surface area contributed by atoms with Gasteiger partial charge in [-0.2, -0.15) is 0 Å². The SMILES string of the molecule is CCCc1cc(O)c(O)c(-c2ccccc2)c1CC. The van der Waals surface area contributed by atoms with Crippen molar-refractivity contribution in [2.24, 2.45) is 0 Å². The molecule has 0 aliphatic heterocycles. The summed E-state index contributed by atoms with van der Waals surface area (Å²) in [5.74, 6) is -0.0394. The zero-order valence-corrected chi connectivity index (χ0v) is 11.5. The molecule has 0 saturated heterocycles. The molecule has 0 aliphatic carbocycles. The van der Waals surface area contributed by atoms with E-state index in [4.69, 9.17) is 0 Å². The Balaban J connectivity index is 2.70. The standard InChI is InChI=1S/C17H20O2/c1-3-8-13-11-15(18)17(19)16(14(13)4-2)12-9-6-5-7-10-12/h5-7,9-11,18-19H,3-4,8H2,1-2H3. The van der Waals surface area contributed by atoms with Crippen LogP contribution in [0.25, 0.3) is 11.1 Å². The predicted molar refractivity (Wildman–Crippen MR) is 78.6 cm³/mol. The normalized spacial score (nSPS) is 10.6. The van der Waals surface area contributed by atoms with E-state index in [2.05, 4.69) is 13.8 Å². The second kappa shape index (κ2) is 5.79. The van der Waals surface area contributed by atoms with Gasteiger partial charge >= 0.3 is 0 Å². The van der Waals surface area contributed by atoms with Crippen LogP contribution in [-0.2, 0) is 12.8 Å². The fraction of sp³-hybridized carbons (Fsp3) is 0.294. The topological polar surface area (TPSA) is 40.5 Å². The fourth-order valence-corrected chi connectivity index (χ4v) is 2.56. The monoisotopic (exact) mass is 256 g/mol. The summed E-state index contributed by atoms with van der Waals surface area (Å²) in [6.07, 6.45) is 2.77. The number of phenols is 2. The average Bonchev–Trinajstić information content (AvgIpc) is 2.43. The van der Waals surface area contributed by atoms with Crippen LogP contribution in [0.5, 0.6) is 11.5 Å². The Morgan fingerprint density at radius 3 is 2.26 bits per heavy atom. The molecule has 0 atom stereocenters. The van der Waals surface area contributed by atoms with Gasteiger partial charge < -0.3 is 10.2 Å². The quantitative estimate of drug-likeness (QED) is 0.801. The van der Waals surface area contributed by atoms with E-state index in [1.807, 2.05) is 30.3 Å². The number of hydrogen-bond acceptors (Lipinski definition) is 2. The maximum absolute atomic E-state index is 10.2. The summed E-state index contributed by atoms with van der Waals surface area (Å²) in [5.41, 5.74) is 3.97. The summed E-state index contributed by atoms with van der Waals surface area (Å²) in [6.45, 7) is 4.20. The molecule has 0 saturated carbocycles. The lowest BCUT2D eigenvalue weighted by atomic mass is 9.90. The molecule has 2 N–H and O–H groups in total. The molecule has 2 aromatic carbocycles. The molecule has 2 rings (SSSR count). The lowest BCUT2D eigenvalue weighted by molar-refractivity contribution is 0.404. The molecule has 0 amide bonds. The van der Waals surface area contributed by atoms with Gasteiger partial charge in [-0.3, -0.25) is 0 Å². The molecular formula is C17H20O2. The molecule has 0 aromatic heterocycles. The van der Waals surface area contributed by atoms with Crippen molar-refractivity contribution in [2.45, 2.75) is 33.1 Å². The van der Waals surface area contributed by atoms with Crippen LogP contribution in [0.4, 0.5) is 0 Å². The molecule has 0 aliphatic rings. The molecule has 2 aromatic rings. The minimum atomic E-state index is -0.0282. The molecular weight excluding hydrogens is 236 g/mol. The fourth-order valence-electron chi connectivity index (χ4n) is 2.56. The van der Waals surface area contributed by atoms with Crippen molar-refractivity contribution in [3.8, 4) is 22.6 Å². The Morgan fingerprint density at radius 1 is 1.00 bits per heavy atom. The zero-order valence-electron chi connectivity index (χ0n) is 11.5. The number of rotatable bonds is 4. The van der Waals surface area contributed by atoms with Crippen LogP contribution in [0.15, 0.2) is 36.4 Å². The highest BCUT2D eigenvalue weighted by Crippen LogP contribution is 2.41. The van der Waals surface area contributed by atoms with E-state index in [9.17, 15) is 10.2 Å². The van der Waals surface area contributed by atoms with Crippen LogP contribution in [0.3, 0.4) is 0 Å². The third kappa shape index (κ3) is 2.58. The molecule has 0 unspecified atom stereocenters. The second-order valence-corrected chi connectivity index (χ2v) is 4.73. The first-order valence-corrected chi connectivity index (χ1v) is 6.81. The third-order valence-corrected chi connectivity index (χ3v) is 3.42. The van der Waals surface area contributed by atoms with Gasteiger partial charge in [0.2, 0.25) is 0 Å². The smallest absolute Gasteiger partial charge is 0.165 e. The van der Waals surface area contributed by atoms with Gasteiger partial charge in [-0.25, -0.2) is 0 Å². The predicted octanol–water partition coefficient (Wildman–Crippen LogP) is 4.28. The summed E-state index contributed by atoms with van der Waals surface area (Å²) in [4.78, 5) is 0. The molecule has 0 heterocycles. The van der Waals surface area contributed by atoms with Gasteiger partial charge in [-0.1, -0.05) is 50.6 Å². The van der Waals surface area contributed by atoms with Crippen molar-refractivity contribution in [3.05, 3.63) is 47.5 Å². The lowest BCUT2D eigenvalue weighted by Gasteiger charge is -2.16. The van der Waals surface area contributed by atoms with Crippen LogP contribution in [-0.4, -0.2) is 10.2 Å². The van der Waals surface area contributed by atoms with Crippen molar-refractivity contribution in [1.29, 1.82) is 0 Å². The van der Waals surface area contributed by atoms with E-state index in [0.717, 1.165) is 41.5 Å². The van der Waals surface area contributed by atoms with Gasteiger partial charge in [-0.15, -0.1) is 0 Å². The van der Waals surface area contributed by atoms with Gasteiger partial charge in [0.25, 0.3) is 0 Å². The van der Waals surface area contributed by atoms with E-state index in [1.165, 1.54) is 0 Å². The van der Waals surface area contributed by atoms with Crippen molar-refractivity contribution in [1.82, 2.24) is 0 Å². The maximum Gasteiger partial charge on any atom is 0.165 e. The number of aryl methyl sites for hydroxylation is 1. The molecule has 19 heavy (non-hydrogen) atoms. The van der Waals surface area contributed by atoms with E-state index >= 15 is 0 Å². The molecule has 0 spiro atoms. The van der Waals surface area contributed by atoms with Crippen molar-refractivity contribution in [2.75, 3.05) is 0 Å². The van der Waals surface area contributed by atoms with Crippen LogP contribution in [0, 0.1) is 0 Å². The largest absolute Gasteiger partial charge is 0.504 e. The Hall–Kier alpha value is -1.96. The summed E-state index contributed by atoms with van der Waals surface area (Å²) in [6, 6.07) is 11.5. The van der Waals surface area contributed by atoms with E-state index in [-0.39, 0.29) is 11.5 Å². The molecule has 0 bridgehead atoms. The number of aromatic hydroxyl groups is 2. The van der Waals surface area contributed by atoms with Crippen LogP contribution in [0.1, 0.15) is 31.4 Å². The van der Waals surface area contributed by atoms with E-state index in [1.54, 1.807) is 6.07 Å². The molecule has 2 heteroatoms. The molecule has 2 nitrogen and oxygen atoms in total. The highest BCUT2D eigenvalue weighted by atomic mass is 16.3. The average molecular weight is 256 g/mol. The second-order valence-electron chi connectivity index (χ2n) is 4.73. The first kappa shape index (κ1) is 13.5. The van der Waals surface area contributed by atoms with Crippen molar-refractivity contribution >= 4 is 0 Å². The van der Waals surface area contributed by atoms with Crippen molar-refractivity contribution < 1.29 is 10.2 Å². The lowest BCUT2D eigenvalue weighted by Crippen LogP contribution is -1.97. The summed E-state index contributed by atoms with van der Waals surface area (Å²) in [5, 5.41) is 20.1. The van der Waals surface area contributed by atoms with Crippen LogP contribution < -0.4 is 0 Å². The summed E-state index contributed by atoms with van der Waals surface area (Å²) >= 11 is 0. The molecule has 100 valence electrons. The van der Waals surface area contributed by atoms with Crippen molar-refractivity contribution in [3.63, 3.8) is 0 Å². The maximum atomic E-state index is 10.2. The Bertz CT molecular complexity index is 559. The first-order valence-electron chi connectivity index (χ1n) is 6.81. The zero-order chi connectivity index (χ0) is 13.8. The number of phenolic OH excluding ortho intramolecular Hbond substituents is 2. The third-order valence-electron chi connectivity index (χ3n) is 3.42. The van der Waals surface area contributed by atoms with E-state index < -0.39 is 0 Å². The van der Waals surface area contributed by atoms with Gasteiger partial charge in [-0.05, 0) is 35.6 Å². The molecule has 0 radical (unpaired) electrons. The van der Waals surface area contributed by atoms with Gasteiger partial charge in [0.05, 0.1) is 0 Å². The van der Waals surface area contributed by atoms with E-state index in [0.29, 0.717) is 0 Å². The Kier molecular flexibility index (Phi) is 4.10. The summed E-state index contributed by atoms with van der Waals surface area (Å²) in [7, 11) is 0. The number of benzene rings is 2. The first-order chi connectivity index (χ1) is 9.19. The minimum absolute atomic E-state index is 0.0112. The Labute approximate surface area is 114 Å². The Morgan fingerprint density at radius 2 is 1.68 bits per heavy atom. The van der Waals surface area contributed by atoms with Gasteiger partial charge in [0.1, 0.15) is 0 Å². The van der Waals surface area contributed by atoms with Crippen LogP contribution in [0.2, 0.25) is 0 Å².